The SMILES string of the molecule is COCc1nc(C2CCCCCC2)nc(N)c1Br. The van der Waals surface area contributed by atoms with E-state index in [1.54, 1.807) is 7.11 Å². The zero-order valence-corrected chi connectivity index (χ0v) is 12.4. The maximum atomic E-state index is 5.94. The number of nitrogens with two attached hydrogens (primary N) is 1. The smallest absolute Gasteiger partial charge is 0.141 e. The summed E-state index contributed by atoms with van der Waals surface area (Å²) in [7, 11) is 1.66. The lowest BCUT2D eigenvalue weighted by Gasteiger charge is -2.15. The molecule has 0 aromatic carbocycles. The highest BCUT2D eigenvalue weighted by Gasteiger charge is 2.19. The van der Waals surface area contributed by atoms with Crippen molar-refractivity contribution in [1.82, 2.24) is 9.97 Å². The second-order valence-corrected chi connectivity index (χ2v) is 5.64. The van der Waals surface area contributed by atoms with Crippen LogP contribution < -0.4 is 5.73 Å². The Hall–Kier alpha value is -0.680. The predicted molar refractivity (Wildman–Crippen MR) is 75.3 cm³/mol. The van der Waals surface area contributed by atoms with Crippen LogP contribution in [0.1, 0.15) is 56.0 Å². The molecule has 0 radical (unpaired) electrons. The number of rotatable bonds is 3. The molecule has 18 heavy (non-hydrogen) atoms. The number of hydrogen-bond acceptors (Lipinski definition) is 4. The van der Waals surface area contributed by atoms with Crippen molar-refractivity contribution in [3.05, 3.63) is 16.0 Å². The van der Waals surface area contributed by atoms with E-state index in [0.29, 0.717) is 18.3 Å². The van der Waals surface area contributed by atoms with Gasteiger partial charge >= 0.3 is 0 Å². The van der Waals surface area contributed by atoms with E-state index in [1.165, 1.54) is 38.5 Å². The van der Waals surface area contributed by atoms with Gasteiger partial charge in [-0.1, -0.05) is 25.7 Å². The summed E-state index contributed by atoms with van der Waals surface area (Å²) in [5.74, 6) is 1.87. The Morgan fingerprint density at radius 1 is 1.22 bits per heavy atom. The zero-order chi connectivity index (χ0) is 13.0. The second-order valence-electron chi connectivity index (χ2n) is 4.85. The Labute approximate surface area is 116 Å². The molecule has 4 nitrogen and oxygen atoms in total. The number of nitrogen functional groups attached to an aromatic ring is 1. The van der Waals surface area contributed by atoms with Gasteiger partial charge in [0.05, 0.1) is 16.8 Å². The fourth-order valence-electron chi connectivity index (χ4n) is 2.49. The van der Waals surface area contributed by atoms with Crippen LogP contribution in [0, 0.1) is 0 Å². The molecule has 1 aliphatic carbocycles. The molecule has 0 amide bonds. The van der Waals surface area contributed by atoms with E-state index in [9.17, 15) is 0 Å². The van der Waals surface area contributed by atoms with E-state index in [-0.39, 0.29) is 0 Å². The molecule has 0 spiro atoms. The lowest BCUT2D eigenvalue weighted by Crippen LogP contribution is -2.10. The molecule has 1 aromatic heterocycles. The van der Waals surface area contributed by atoms with Gasteiger partial charge in [-0.05, 0) is 28.8 Å². The first kappa shape index (κ1) is 13.7. The van der Waals surface area contributed by atoms with Crippen molar-refractivity contribution in [1.29, 1.82) is 0 Å². The Balaban J connectivity index is 2.26. The van der Waals surface area contributed by atoms with Crippen LogP contribution in [0.4, 0.5) is 5.82 Å². The van der Waals surface area contributed by atoms with Gasteiger partial charge in [-0.25, -0.2) is 9.97 Å². The summed E-state index contributed by atoms with van der Waals surface area (Å²) in [4.78, 5) is 9.07. The minimum atomic E-state index is 0.457. The Bertz CT molecular complexity index is 403. The van der Waals surface area contributed by atoms with Crippen molar-refractivity contribution in [2.75, 3.05) is 12.8 Å². The third kappa shape index (κ3) is 3.20. The summed E-state index contributed by atoms with van der Waals surface area (Å²) in [6.07, 6.45) is 7.54. The maximum absolute atomic E-state index is 5.94. The molecule has 1 fully saturated rings. The van der Waals surface area contributed by atoms with Crippen molar-refractivity contribution in [2.24, 2.45) is 0 Å². The van der Waals surface area contributed by atoms with Crippen LogP contribution in [0.3, 0.4) is 0 Å². The molecule has 1 heterocycles. The fraction of sp³-hybridized carbons (Fsp3) is 0.692. The largest absolute Gasteiger partial charge is 0.383 e. The molecule has 1 aromatic rings. The van der Waals surface area contributed by atoms with Crippen LogP contribution in [0.2, 0.25) is 0 Å². The molecule has 0 unspecified atom stereocenters. The predicted octanol–water partition coefficient (Wildman–Crippen LogP) is 3.41. The number of ether oxygens (including phenoxy) is 1. The number of methoxy groups -OCH3 is 1. The van der Waals surface area contributed by atoms with Crippen molar-refractivity contribution in [2.45, 2.75) is 51.0 Å². The molecular weight excluding hydrogens is 294 g/mol. The maximum Gasteiger partial charge on any atom is 0.141 e. The summed E-state index contributed by atoms with van der Waals surface area (Å²) in [6.45, 7) is 0.465. The van der Waals surface area contributed by atoms with Crippen molar-refractivity contribution in [3.8, 4) is 0 Å². The first-order valence-electron chi connectivity index (χ1n) is 6.53. The van der Waals surface area contributed by atoms with E-state index < -0.39 is 0 Å². The molecule has 1 aliphatic rings. The first-order chi connectivity index (χ1) is 8.72. The lowest BCUT2D eigenvalue weighted by atomic mass is 9.99. The van der Waals surface area contributed by atoms with Gasteiger partial charge in [-0.3, -0.25) is 0 Å². The molecule has 2 N–H and O–H groups in total. The van der Waals surface area contributed by atoms with Crippen molar-refractivity contribution in [3.63, 3.8) is 0 Å². The number of aromatic nitrogens is 2. The highest BCUT2D eigenvalue weighted by molar-refractivity contribution is 9.10. The summed E-state index contributed by atoms with van der Waals surface area (Å²) in [5, 5.41) is 0. The van der Waals surface area contributed by atoms with Crippen LogP contribution in [-0.4, -0.2) is 17.1 Å². The van der Waals surface area contributed by atoms with Crippen LogP contribution in [0.15, 0.2) is 4.47 Å². The Morgan fingerprint density at radius 3 is 2.50 bits per heavy atom. The molecule has 0 aliphatic heterocycles. The summed E-state index contributed by atoms with van der Waals surface area (Å²) in [6, 6.07) is 0. The molecule has 0 bridgehead atoms. The zero-order valence-electron chi connectivity index (χ0n) is 10.8. The van der Waals surface area contributed by atoms with Gasteiger partial charge in [0.1, 0.15) is 11.6 Å². The van der Waals surface area contributed by atoms with E-state index in [4.69, 9.17) is 10.5 Å². The Kier molecular flexibility index (Phi) is 4.95. The molecule has 0 atom stereocenters. The van der Waals surface area contributed by atoms with E-state index in [1.807, 2.05) is 0 Å². The third-order valence-corrected chi connectivity index (χ3v) is 4.33. The molecule has 5 heteroatoms. The van der Waals surface area contributed by atoms with Gasteiger partial charge in [0.15, 0.2) is 0 Å². The second kappa shape index (κ2) is 6.48. The van der Waals surface area contributed by atoms with Crippen molar-refractivity contribution >= 4 is 21.7 Å². The van der Waals surface area contributed by atoms with Crippen LogP contribution in [0.25, 0.3) is 0 Å². The van der Waals surface area contributed by atoms with Crippen LogP contribution in [0.5, 0.6) is 0 Å². The highest BCUT2D eigenvalue weighted by atomic mass is 79.9. The van der Waals surface area contributed by atoms with Gasteiger partial charge in [-0.15, -0.1) is 0 Å². The van der Waals surface area contributed by atoms with Gasteiger partial charge < -0.3 is 10.5 Å². The molecule has 2 rings (SSSR count). The Morgan fingerprint density at radius 2 is 1.89 bits per heavy atom. The van der Waals surface area contributed by atoms with E-state index in [0.717, 1.165) is 16.0 Å². The van der Waals surface area contributed by atoms with Gasteiger partial charge in [0.2, 0.25) is 0 Å². The topological polar surface area (TPSA) is 61.0 Å². The normalized spacial score (nSPS) is 17.7. The molecule has 100 valence electrons. The van der Waals surface area contributed by atoms with Crippen LogP contribution in [-0.2, 0) is 11.3 Å². The average Bonchev–Trinajstić information content (AvgIpc) is 2.63. The molecular formula is C13H20BrN3O. The van der Waals surface area contributed by atoms with Crippen LogP contribution >= 0.6 is 15.9 Å². The molecule has 0 saturated heterocycles. The lowest BCUT2D eigenvalue weighted by molar-refractivity contribution is 0.180. The van der Waals surface area contributed by atoms with E-state index >= 15 is 0 Å². The number of halogens is 1. The minimum Gasteiger partial charge on any atom is -0.383 e. The van der Waals surface area contributed by atoms with Gasteiger partial charge in [0, 0.05) is 13.0 Å². The van der Waals surface area contributed by atoms with Gasteiger partial charge in [0.25, 0.3) is 0 Å². The summed E-state index contributed by atoms with van der Waals surface area (Å²) >= 11 is 3.42. The first-order valence-corrected chi connectivity index (χ1v) is 7.32. The highest BCUT2D eigenvalue weighted by Crippen LogP contribution is 2.32. The number of nitrogens with zero attached hydrogens (tertiary/aromatic N) is 2. The average molecular weight is 314 g/mol. The minimum absolute atomic E-state index is 0.457. The van der Waals surface area contributed by atoms with E-state index in [2.05, 4.69) is 25.9 Å². The standard InChI is InChI=1S/C13H20BrN3O/c1-18-8-10-11(14)12(15)17-13(16-10)9-6-4-2-3-5-7-9/h9H,2-8H2,1H3,(H2,15,16,17). The fourth-order valence-corrected chi connectivity index (χ4v) is 2.78. The van der Waals surface area contributed by atoms with Crippen molar-refractivity contribution < 1.29 is 4.74 Å². The quantitative estimate of drug-likeness (QED) is 0.869. The molecule has 1 saturated carbocycles. The third-order valence-electron chi connectivity index (χ3n) is 3.46. The summed E-state index contributed by atoms with van der Waals surface area (Å²) < 4.78 is 5.92. The number of anilines is 1. The number of hydrogen-bond donors (Lipinski definition) is 1. The summed E-state index contributed by atoms with van der Waals surface area (Å²) in [5.41, 5.74) is 6.80. The van der Waals surface area contributed by atoms with Gasteiger partial charge in [-0.2, -0.15) is 0 Å². The monoisotopic (exact) mass is 313 g/mol.